The number of hydrogen-bond donors (Lipinski definition) is 2. The van der Waals surface area contributed by atoms with E-state index in [1.807, 2.05) is 0 Å². The standard InChI is InChI=1S/C14H21ClN2O3S/c1-16-9-12-8-13(2-3-14(12)15)21(18,19)17-6-4-11-5-7-20-10-11/h2-3,8,11,16-17H,4-7,9-10H2,1H3. The molecule has 1 heterocycles. The molecule has 1 unspecified atom stereocenters. The Bertz CT molecular complexity index is 572. The second-order valence-electron chi connectivity index (χ2n) is 5.20. The summed E-state index contributed by atoms with van der Waals surface area (Å²) in [5, 5.41) is 3.53. The molecule has 0 amide bonds. The first-order valence-corrected chi connectivity index (χ1v) is 8.89. The Hall–Kier alpha value is -0.660. The molecular formula is C14H21ClN2O3S. The first kappa shape index (κ1) is 16.7. The minimum atomic E-state index is -3.49. The lowest BCUT2D eigenvalue weighted by atomic mass is 10.1. The van der Waals surface area contributed by atoms with Crippen molar-refractivity contribution < 1.29 is 13.2 Å². The molecule has 1 fully saturated rings. The van der Waals surface area contributed by atoms with Crippen LogP contribution < -0.4 is 10.0 Å². The molecule has 0 aliphatic carbocycles. The Labute approximate surface area is 131 Å². The first-order chi connectivity index (χ1) is 10.0. The fourth-order valence-electron chi connectivity index (χ4n) is 2.34. The summed E-state index contributed by atoms with van der Waals surface area (Å²) >= 11 is 6.05. The molecule has 118 valence electrons. The number of ether oxygens (including phenoxy) is 1. The Morgan fingerprint density at radius 1 is 1.43 bits per heavy atom. The topological polar surface area (TPSA) is 67.4 Å². The highest BCUT2D eigenvalue weighted by Gasteiger charge is 2.18. The molecule has 1 aliphatic rings. The zero-order valence-electron chi connectivity index (χ0n) is 12.1. The molecule has 0 spiro atoms. The van der Waals surface area contributed by atoms with Gasteiger partial charge < -0.3 is 10.1 Å². The minimum Gasteiger partial charge on any atom is -0.381 e. The van der Waals surface area contributed by atoms with Gasteiger partial charge in [0.1, 0.15) is 0 Å². The van der Waals surface area contributed by atoms with Crippen LogP contribution in [0.4, 0.5) is 0 Å². The van der Waals surface area contributed by atoms with Crippen molar-refractivity contribution in [2.24, 2.45) is 5.92 Å². The van der Waals surface area contributed by atoms with Gasteiger partial charge in [-0.15, -0.1) is 0 Å². The maximum Gasteiger partial charge on any atom is 0.240 e. The number of nitrogens with one attached hydrogen (secondary N) is 2. The highest BCUT2D eigenvalue weighted by atomic mass is 35.5. The van der Waals surface area contributed by atoms with Gasteiger partial charge in [0.25, 0.3) is 0 Å². The van der Waals surface area contributed by atoms with Gasteiger partial charge in [0.2, 0.25) is 10.0 Å². The fraction of sp³-hybridized carbons (Fsp3) is 0.571. The van der Waals surface area contributed by atoms with Crippen LogP contribution in [0, 0.1) is 5.92 Å². The van der Waals surface area contributed by atoms with Crippen LogP contribution in [0.1, 0.15) is 18.4 Å². The molecule has 2 rings (SSSR count). The van der Waals surface area contributed by atoms with Crippen LogP contribution >= 0.6 is 11.6 Å². The SMILES string of the molecule is CNCc1cc(S(=O)(=O)NCCC2CCOC2)ccc1Cl. The van der Waals surface area contributed by atoms with E-state index in [4.69, 9.17) is 16.3 Å². The van der Waals surface area contributed by atoms with Gasteiger partial charge in [-0.1, -0.05) is 11.6 Å². The lowest BCUT2D eigenvalue weighted by Crippen LogP contribution is -2.26. The van der Waals surface area contributed by atoms with E-state index in [-0.39, 0.29) is 4.90 Å². The Morgan fingerprint density at radius 2 is 2.24 bits per heavy atom. The molecule has 7 heteroatoms. The third-order valence-electron chi connectivity index (χ3n) is 3.56. The summed E-state index contributed by atoms with van der Waals surface area (Å²) in [6.45, 7) is 2.47. The maximum absolute atomic E-state index is 12.3. The number of sulfonamides is 1. The summed E-state index contributed by atoms with van der Waals surface area (Å²) in [5.74, 6) is 0.456. The predicted octanol–water partition coefficient (Wildman–Crippen LogP) is 1.76. The zero-order chi connectivity index (χ0) is 15.3. The van der Waals surface area contributed by atoms with E-state index >= 15 is 0 Å². The summed E-state index contributed by atoms with van der Waals surface area (Å²) in [6, 6.07) is 4.76. The second-order valence-corrected chi connectivity index (χ2v) is 7.37. The summed E-state index contributed by atoms with van der Waals surface area (Å²) in [6.07, 6.45) is 1.81. The monoisotopic (exact) mass is 332 g/mol. The minimum absolute atomic E-state index is 0.250. The van der Waals surface area contributed by atoms with Gasteiger partial charge in [0, 0.05) is 31.3 Å². The lowest BCUT2D eigenvalue weighted by Gasteiger charge is -2.11. The summed E-state index contributed by atoms with van der Waals surface area (Å²) < 4.78 is 32.5. The molecule has 0 aromatic heterocycles. The lowest BCUT2D eigenvalue weighted by molar-refractivity contribution is 0.184. The van der Waals surface area contributed by atoms with Crippen molar-refractivity contribution in [2.75, 3.05) is 26.8 Å². The van der Waals surface area contributed by atoms with Crippen molar-refractivity contribution in [3.63, 3.8) is 0 Å². The second kappa shape index (κ2) is 7.56. The van der Waals surface area contributed by atoms with Crippen molar-refractivity contribution in [3.05, 3.63) is 28.8 Å². The number of halogens is 1. The van der Waals surface area contributed by atoms with Gasteiger partial charge in [-0.25, -0.2) is 13.1 Å². The van der Waals surface area contributed by atoms with Gasteiger partial charge in [-0.05, 0) is 49.6 Å². The largest absolute Gasteiger partial charge is 0.381 e. The molecule has 1 aliphatic heterocycles. The Balaban J connectivity index is 1.99. The van der Waals surface area contributed by atoms with E-state index in [1.54, 1.807) is 19.2 Å². The number of hydrogen-bond acceptors (Lipinski definition) is 4. The molecule has 1 aromatic rings. The van der Waals surface area contributed by atoms with Crippen LogP contribution in [0.25, 0.3) is 0 Å². The van der Waals surface area contributed by atoms with Crippen molar-refractivity contribution >= 4 is 21.6 Å². The van der Waals surface area contributed by atoms with Crippen LogP contribution in [-0.2, 0) is 21.3 Å². The quantitative estimate of drug-likeness (QED) is 0.798. The third kappa shape index (κ3) is 4.66. The maximum atomic E-state index is 12.3. The van der Waals surface area contributed by atoms with Crippen LogP contribution in [0.3, 0.4) is 0 Å². The van der Waals surface area contributed by atoms with E-state index in [9.17, 15) is 8.42 Å². The van der Waals surface area contributed by atoms with E-state index in [0.717, 1.165) is 31.6 Å². The molecule has 1 aromatic carbocycles. The first-order valence-electron chi connectivity index (χ1n) is 7.03. The highest BCUT2D eigenvalue weighted by Crippen LogP contribution is 2.21. The van der Waals surface area contributed by atoms with E-state index in [0.29, 0.717) is 24.0 Å². The highest BCUT2D eigenvalue weighted by molar-refractivity contribution is 7.89. The number of rotatable bonds is 7. The summed E-state index contributed by atoms with van der Waals surface area (Å²) in [5.41, 5.74) is 0.770. The average molecular weight is 333 g/mol. The van der Waals surface area contributed by atoms with Crippen molar-refractivity contribution in [2.45, 2.75) is 24.3 Å². The van der Waals surface area contributed by atoms with Gasteiger partial charge >= 0.3 is 0 Å². The Morgan fingerprint density at radius 3 is 2.90 bits per heavy atom. The number of benzene rings is 1. The molecule has 5 nitrogen and oxygen atoms in total. The summed E-state index contributed by atoms with van der Waals surface area (Å²) in [7, 11) is -1.70. The average Bonchev–Trinajstić information content (AvgIpc) is 2.94. The Kier molecular flexibility index (Phi) is 6.01. The van der Waals surface area contributed by atoms with Crippen LogP contribution in [0.2, 0.25) is 5.02 Å². The van der Waals surface area contributed by atoms with Crippen LogP contribution in [0.15, 0.2) is 23.1 Å². The molecule has 0 bridgehead atoms. The molecule has 21 heavy (non-hydrogen) atoms. The smallest absolute Gasteiger partial charge is 0.240 e. The van der Waals surface area contributed by atoms with Crippen molar-refractivity contribution in [3.8, 4) is 0 Å². The molecule has 0 saturated carbocycles. The molecule has 2 N–H and O–H groups in total. The normalized spacial score (nSPS) is 19.0. The third-order valence-corrected chi connectivity index (χ3v) is 5.39. The van der Waals surface area contributed by atoms with E-state index in [2.05, 4.69) is 10.0 Å². The fourth-order valence-corrected chi connectivity index (χ4v) is 3.62. The van der Waals surface area contributed by atoms with Crippen LogP contribution in [-0.4, -0.2) is 35.2 Å². The van der Waals surface area contributed by atoms with Crippen molar-refractivity contribution in [1.82, 2.24) is 10.0 Å². The van der Waals surface area contributed by atoms with E-state index < -0.39 is 10.0 Å². The van der Waals surface area contributed by atoms with Gasteiger partial charge in [0.15, 0.2) is 0 Å². The van der Waals surface area contributed by atoms with E-state index in [1.165, 1.54) is 6.07 Å². The molecule has 1 saturated heterocycles. The van der Waals surface area contributed by atoms with Gasteiger partial charge in [-0.3, -0.25) is 0 Å². The zero-order valence-corrected chi connectivity index (χ0v) is 13.6. The summed E-state index contributed by atoms with van der Waals surface area (Å²) in [4.78, 5) is 0.250. The van der Waals surface area contributed by atoms with Gasteiger partial charge in [0.05, 0.1) is 4.90 Å². The molecular weight excluding hydrogens is 312 g/mol. The molecule has 0 radical (unpaired) electrons. The van der Waals surface area contributed by atoms with Gasteiger partial charge in [-0.2, -0.15) is 0 Å². The van der Waals surface area contributed by atoms with Crippen molar-refractivity contribution in [1.29, 1.82) is 0 Å². The van der Waals surface area contributed by atoms with Crippen LogP contribution in [0.5, 0.6) is 0 Å². The molecule has 1 atom stereocenters. The predicted molar refractivity (Wildman–Crippen MR) is 82.9 cm³/mol.